The predicted octanol–water partition coefficient (Wildman–Crippen LogP) is 4.31. The maximum atomic E-state index is 13.1. The zero-order valence-electron chi connectivity index (χ0n) is 14.5. The largest absolute Gasteiger partial charge is 0.478 e. The maximum Gasteiger partial charge on any atom is 0.335 e. The fourth-order valence-corrected chi connectivity index (χ4v) is 2.93. The normalized spacial score (nSPS) is 10.9. The van der Waals surface area contributed by atoms with Crippen LogP contribution in [0, 0.1) is 0 Å². The molecule has 2 rings (SSSR count). The number of carboxylic acids is 1. The number of rotatable bonds is 5. The number of carbonyl (C=O) groups is 2. The van der Waals surface area contributed by atoms with Crippen LogP contribution >= 0.6 is 0 Å². The number of aromatic carboxylic acids is 1. The van der Waals surface area contributed by atoms with E-state index in [0.29, 0.717) is 5.56 Å². The minimum Gasteiger partial charge on any atom is -0.478 e. The van der Waals surface area contributed by atoms with E-state index in [9.17, 15) is 14.7 Å². The smallest absolute Gasteiger partial charge is 0.335 e. The Balaban J connectivity index is 2.62. The molecule has 0 aliphatic rings. The van der Waals surface area contributed by atoms with Crippen LogP contribution in [-0.2, 0) is 0 Å². The summed E-state index contributed by atoms with van der Waals surface area (Å²) in [6.45, 7) is 7.84. The van der Waals surface area contributed by atoms with Gasteiger partial charge >= 0.3 is 5.97 Å². The zero-order chi connectivity index (χ0) is 17.9. The lowest BCUT2D eigenvalue weighted by Crippen LogP contribution is -2.42. The van der Waals surface area contributed by atoms with Gasteiger partial charge in [-0.05, 0) is 51.0 Å². The lowest BCUT2D eigenvalue weighted by atomic mass is 9.96. The summed E-state index contributed by atoms with van der Waals surface area (Å²) in [6.07, 6.45) is 0. The summed E-state index contributed by atoms with van der Waals surface area (Å²) in [7, 11) is 0. The second-order valence-corrected chi connectivity index (χ2v) is 6.33. The average molecular weight is 325 g/mol. The van der Waals surface area contributed by atoms with Crippen molar-refractivity contribution in [1.29, 1.82) is 0 Å². The molecule has 0 aromatic heterocycles. The van der Waals surface area contributed by atoms with Crippen molar-refractivity contribution < 1.29 is 14.7 Å². The van der Waals surface area contributed by atoms with E-state index in [1.165, 1.54) is 12.1 Å². The Labute approximate surface area is 142 Å². The summed E-state index contributed by atoms with van der Waals surface area (Å²) in [5, 5.41) is 9.28. The second-order valence-electron chi connectivity index (χ2n) is 6.33. The van der Waals surface area contributed by atoms with Crippen molar-refractivity contribution in [3.63, 3.8) is 0 Å². The summed E-state index contributed by atoms with van der Waals surface area (Å²) in [6, 6.07) is 14.3. The molecule has 0 bridgehead atoms. The molecule has 1 amide bonds. The van der Waals surface area contributed by atoms with E-state index in [1.807, 2.05) is 58.0 Å². The summed E-state index contributed by atoms with van der Waals surface area (Å²) < 4.78 is 0. The van der Waals surface area contributed by atoms with E-state index in [4.69, 9.17) is 0 Å². The summed E-state index contributed by atoms with van der Waals surface area (Å²) >= 11 is 0. The van der Waals surface area contributed by atoms with E-state index in [-0.39, 0.29) is 23.6 Å². The van der Waals surface area contributed by atoms with Crippen molar-refractivity contribution in [3.8, 4) is 11.1 Å². The first kappa shape index (κ1) is 17.7. The van der Waals surface area contributed by atoms with Gasteiger partial charge in [0.15, 0.2) is 0 Å². The molecule has 126 valence electrons. The van der Waals surface area contributed by atoms with Gasteiger partial charge in [0.1, 0.15) is 0 Å². The number of carboxylic acid groups (broad SMARTS) is 1. The standard InChI is InChI=1S/C20H23NO3/c1-13(2)21(14(3)4)19(22)18-12-16(20(23)24)10-11-17(18)15-8-6-5-7-9-15/h5-14H,1-4H3,(H,23,24). The molecule has 0 saturated carbocycles. The Morgan fingerprint density at radius 1 is 0.917 bits per heavy atom. The van der Waals surface area contributed by atoms with Gasteiger partial charge < -0.3 is 10.0 Å². The number of hydrogen-bond donors (Lipinski definition) is 1. The Bertz CT molecular complexity index is 728. The molecule has 4 nitrogen and oxygen atoms in total. The third kappa shape index (κ3) is 3.65. The molecule has 0 aliphatic heterocycles. The molecule has 4 heteroatoms. The van der Waals surface area contributed by atoms with E-state index in [1.54, 1.807) is 11.0 Å². The van der Waals surface area contributed by atoms with Crippen LogP contribution in [0.15, 0.2) is 48.5 Å². The molecule has 0 saturated heterocycles. The number of nitrogens with zero attached hydrogens (tertiary/aromatic N) is 1. The lowest BCUT2D eigenvalue weighted by Gasteiger charge is -2.31. The first-order valence-electron chi connectivity index (χ1n) is 8.08. The van der Waals surface area contributed by atoms with Crippen molar-refractivity contribution in [3.05, 3.63) is 59.7 Å². The number of benzene rings is 2. The van der Waals surface area contributed by atoms with Crippen LogP contribution in [0.2, 0.25) is 0 Å². The van der Waals surface area contributed by atoms with Crippen LogP contribution in [0.3, 0.4) is 0 Å². The van der Waals surface area contributed by atoms with Gasteiger partial charge in [0.05, 0.1) is 5.56 Å². The molecule has 0 atom stereocenters. The fourth-order valence-electron chi connectivity index (χ4n) is 2.93. The highest BCUT2D eigenvalue weighted by Crippen LogP contribution is 2.27. The molecule has 0 unspecified atom stereocenters. The van der Waals surface area contributed by atoms with E-state index < -0.39 is 5.97 Å². The number of carbonyl (C=O) groups excluding carboxylic acids is 1. The Hall–Kier alpha value is -2.62. The van der Waals surface area contributed by atoms with Crippen LogP contribution in [0.4, 0.5) is 0 Å². The highest BCUT2D eigenvalue weighted by Gasteiger charge is 2.25. The molecule has 0 spiro atoms. The molecule has 1 N–H and O–H groups in total. The fraction of sp³-hybridized carbons (Fsp3) is 0.300. The minimum atomic E-state index is -1.04. The lowest BCUT2D eigenvalue weighted by molar-refractivity contribution is 0.0644. The monoisotopic (exact) mass is 325 g/mol. The molecule has 0 aliphatic carbocycles. The topological polar surface area (TPSA) is 57.6 Å². The molecule has 2 aromatic carbocycles. The van der Waals surface area contributed by atoms with Crippen molar-refractivity contribution >= 4 is 11.9 Å². The van der Waals surface area contributed by atoms with Crippen LogP contribution in [-0.4, -0.2) is 34.0 Å². The summed E-state index contributed by atoms with van der Waals surface area (Å²) in [5.74, 6) is -1.19. The predicted molar refractivity (Wildman–Crippen MR) is 95.3 cm³/mol. The van der Waals surface area contributed by atoms with Gasteiger partial charge in [-0.1, -0.05) is 36.4 Å². The SMILES string of the molecule is CC(C)N(C(=O)c1cc(C(=O)O)ccc1-c1ccccc1)C(C)C. The van der Waals surface area contributed by atoms with E-state index in [2.05, 4.69) is 0 Å². The van der Waals surface area contributed by atoms with Crippen molar-refractivity contribution in [1.82, 2.24) is 4.90 Å². The highest BCUT2D eigenvalue weighted by atomic mass is 16.4. The minimum absolute atomic E-state index is 0.0228. The van der Waals surface area contributed by atoms with E-state index in [0.717, 1.165) is 11.1 Å². The Morgan fingerprint density at radius 3 is 2.00 bits per heavy atom. The molecule has 24 heavy (non-hydrogen) atoms. The molecule has 0 heterocycles. The first-order chi connectivity index (χ1) is 11.3. The van der Waals surface area contributed by atoms with Gasteiger partial charge in [-0.25, -0.2) is 4.79 Å². The van der Waals surface area contributed by atoms with Gasteiger partial charge in [0.2, 0.25) is 0 Å². The second kappa shape index (κ2) is 7.30. The first-order valence-corrected chi connectivity index (χ1v) is 8.08. The third-order valence-corrected chi connectivity index (χ3v) is 3.93. The van der Waals surface area contributed by atoms with Crippen molar-refractivity contribution in [2.75, 3.05) is 0 Å². The Kier molecular flexibility index (Phi) is 5.39. The van der Waals surface area contributed by atoms with Gasteiger partial charge in [-0.3, -0.25) is 4.79 Å². The number of amides is 1. The Morgan fingerprint density at radius 2 is 1.50 bits per heavy atom. The third-order valence-electron chi connectivity index (χ3n) is 3.93. The van der Waals surface area contributed by atoms with Crippen LogP contribution in [0.1, 0.15) is 48.4 Å². The van der Waals surface area contributed by atoms with E-state index >= 15 is 0 Å². The maximum absolute atomic E-state index is 13.1. The molecule has 0 radical (unpaired) electrons. The van der Waals surface area contributed by atoms with Crippen LogP contribution in [0.5, 0.6) is 0 Å². The van der Waals surface area contributed by atoms with Crippen LogP contribution in [0.25, 0.3) is 11.1 Å². The van der Waals surface area contributed by atoms with Crippen LogP contribution < -0.4 is 0 Å². The van der Waals surface area contributed by atoms with Gasteiger partial charge in [0, 0.05) is 17.6 Å². The van der Waals surface area contributed by atoms with Crippen molar-refractivity contribution in [2.24, 2.45) is 0 Å². The summed E-state index contributed by atoms with van der Waals surface area (Å²) in [4.78, 5) is 26.2. The van der Waals surface area contributed by atoms with Gasteiger partial charge in [0.25, 0.3) is 5.91 Å². The van der Waals surface area contributed by atoms with Gasteiger partial charge in [-0.15, -0.1) is 0 Å². The quantitative estimate of drug-likeness (QED) is 0.891. The van der Waals surface area contributed by atoms with Gasteiger partial charge in [-0.2, -0.15) is 0 Å². The average Bonchev–Trinajstić information content (AvgIpc) is 2.54. The zero-order valence-corrected chi connectivity index (χ0v) is 14.5. The number of hydrogen-bond acceptors (Lipinski definition) is 2. The highest BCUT2D eigenvalue weighted by molar-refractivity contribution is 6.03. The molecular weight excluding hydrogens is 302 g/mol. The van der Waals surface area contributed by atoms with Crippen molar-refractivity contribution in [2.45, 2.75) is 39.8 Å². The molecular formula is C20H23NO3. The molecule has 0 fully saturated rings. The molecule has 2 aromatic rings. The summed E-state index contributed by atoms with van der Waals surface area (Å²) in [5.41, 5.74) is 2.18.